The van der Waals surface area contributed by atoms with Crippen LogP contribution in [-0.4, -0.2) is 41.5 Å². The van der Waals surface area contributed by atoms with Gasteiger partial charge >= 0.3 is 0 Å². The van der Waals surface area contributed by atoms with E-state index in [2.05, 4.69) is 4.98 Å². The molecule has 0 aliphatic rings. The lowest BCUT2D eigenvalue weighted by Gasteiger charge is -2.22. The molecule has 0 aromatic carbocycles. The van der Waals surface area contributed by atoms with Crippen molar-refractivity contribution in [1.82, 2.24) is 4.98 Å². The summed E-state index contributed by atoms with van der Waals surface area (Å²) in [6.07, 6.45) is 1.48. The lowest BCUT2D eigenvalue weighted by molar-refractivity contribution is 0.280. The molecule has 1 aromatic heterocycles. The van der Waals surface area contributed by atoms with Gasteiger partial charge in [-0.2, -0.15) is 0 Å². The van der Waals surface area contributed by atoms with Gasteiger partial charge in [-0.15, -0.1) is 0 Å². The summed E-state index contributed by atoms with van der Waals surface area (Å²) in [5, 5.41) is 18.6. The Bertz CT molecular complexity index is 317. The molecule has 0 atom stereocenters. The van der Waals surface area contributed by atoms with Crippen molar-refractivity contribution in [3.05, 3.63) is 22.3 Å². The monoisotopic (exact) mass is 250 g/mol. The third kappa shape index (κ3) is 3.50. The topological polar surface area (TPSA) is 56.6 Å². The highest BCUT2D eigenvalue weighted by molar-refractivity contribution is 6.36. The van der Waals surface area contributed by atoms with Crippen LogP contribution in [0.3, 0.4) is 0 Å². The first-order valence-corrected chi connectivity index (χ1v) is 5.22. The molecule has 2 N–H and O–H groups in total. The highest BCUT2D eigenvalue weighted by Crippen LogP contribution is 2.25. The number of nitrogens with zero attached hydrogens (tertiary/aromatic N) is 2. The van der Waals surface area contributed by atoms with Crippen LogP contribution in [0.1, 0.15) is 0 Å². The molecule has 0 aliphatic carbocycles. The molecule has 0 saturated heterocycles. The van der Waals surface area contributed by atoms with Gasteiger partial charge in [-0.25, -0.2) is 4.98 Å². The van der Waals surface area contributed by atoms with E-state index in [9.17, 15) is 0 Å². The molecule has 1 heterocycles. The Morgan fingerprint density at radius 1 is 1.20 bits per heavy atom. The zero-order valence-electron chi connectivity index (χ0n) is 8.03. The van der Waals surface area contributed by atoms with Crippen molar-refractivity contribution in [3.63, 3.8) is 0 Å². The average molecular weight is 251 g/mol. The summed E-state index contributed by atoms with van der Waals surface area (Å²) in [5.41, 5.74) is 0. The Hall–Kier alpha value is -0.550. The Balaban J connectivity index is 2.89. The van der Waals surface area contributed by atoms with E-state index in [-0.39, 0.29) is 13.2 Å². The molecule has 0 saturated carbocycles. The van der Waals surface area contributed by atoms with E-state index in [1.807, 2.05) is 0 Å². The normalized spacial score (nSPS) is 10.4. The number of anilines is 1. The molecule has 84 valence electrons. The van der Waals surface area contributed by atoms with E-state index in [1.165, 1.54) is 6.20 Å². The molecular formula is C9H12Cl2N2O2. The second-order valence-electron chi connectivity index (χ2n) is 2.89. The largest absolute Gasteiger partial charge is 0.395 e. The van der Waals surface area contributed by atoms with E-state index >= 15 is 0 Å². The number of rotatable bonds is 5. The minimum absolute atomic E-state index is 0.0271. The van der Waals surface area contributed by atoms with Gasteiger partial charge in [0.2, 0.25) is 0 Å². The van der Waals surface area contributed by atoms with Gasteiger partial charge < -0.3 is 15.1 Å². The van der Waals surface area contributed by atoms with Gasteiger partial charge in [0.15, 0.2) is 0 Å². The van der Waals surface area contributed by atoms with Crippen LogP contribution in [0.25, 0.3) is 0 Å². The van der Waals surface area contributed by atoms with Crippen molar-refractivity contribution in [3.8, 4) is 0 Å². The van der Waals surface area contributed by atoms with Crippen LogP contribution < -0.4 is 4.90 Å². The van der Waals surface area contributed by atoms with Crippen molar-refractivity contribution in [2.45, 2.75) is 0 Å². The summed E-state index contributed by atoms with van der Waals surface area (Å²) in [4.78, 5) is 5.75. The summed E-state index contributed by atoms with van der Waals surface area (Å²) in [6, 6.07) is 1.58. The first-order chi connectivity index (χ1) is 7.19. The smallest absolute Gasteiger partial charge is 0.147 e. The fraction of sp³-hybridized carbons (Fsp3) is 0.444. The first-order valence-electron chi connectivity index (χ1n) is 4.46. The molecular weight excluding hydrogens is 239 g/mol. The molecule has 1 aromatic rings. The van der Waals surface area contributed by atoms with Gasteiger partial charge in [-0.05, 0) is 6.07 Å². The Morgan fingerprint density at radius 2 is 1.80 bits per heavy atom. The van der Waals surface area contributed by atoms with Gasteiger partial charge in [0.1, 0.15) is 5.82 Å². The fourth-order valence-corrected chi connectivity index (χ4v) is 1.70. The van der Waals surface area contributed by atoms with Crippen molar-refractivity contribution in [2.75, 3.05) is 31.2 Å². The molecule has 0 radical (unpaired) electrons. The number of aliphatic hydroxyl groups excluding tert-OH is 2. The Morgan fingerprint density at radius 3 is 2.27 bits per heavy atom. The van der Waals surface area contributed by atoms with Gasteiger partial charge in [0.05, 0.1) is 23.3 Å². The van der Waals surface area contributed by atoms with Gasteiger partial charge in [-0.1, -0.05) is 23.2 Å². The first kappa shape index (κ1) is 12.5. The maximum Gasteiger partial charge on any atom is 0.147 e. The van der Waals surface area contributed by atoms with Crippen LogP contribution in [0.15, 0.2) is 12.3 Å². The maximum absolute atomic E-state index is 8.85. The van der Waals surface area contributed by atoms with Gasteiger partial charge in [0.25, 0.3) is 0 Å². The van der Waals surface area contributed by atoms with Crippen molar-refractivity contribution in [1.29, 1.82) is 0 Å². The van der Waals surface area contributed by atoms with Crippen molar-refractivity contribution in [2.24, 2.45) is 0 Å². The molecule has 0 unspecified atom stereocenters. The fourth-order valence-electron chi connectivity index (χ4n) is 1.21. The zero-order valence-corrected chi connectivity index (χ0v) is 9.54. The maximum atomic E-state index is 8.85. The summed E-state index contributed by atoms with van der Waals surface area (Å²) >= 11 is 11.7. The molecule has 4 nitrogen and oxygen atoms in total. The SMILES string of the molecule is OCCN(CCO)c1ncc(Cl)cc1Cl. The number of hydrogen-bond donors (Lipinski definition) is 2. The van der Waals surface area contributed by atoms with Crippen molar-refractivity contribution < 1.29 is 10.2 Å². The van der Waals surface area contributed by atoms with Crippen LogP contribution in [0.4, 0.5) is 5.82 Å². The molecule has 0 bridgehead atoms. The number of aliphatic hydroxyl groups is 2. The number of aromatic nitrogens is 1. The standard InChI is InChI=1S/C9H12Cl2N2O2/c10-7-5-8(11)9(12-6-7)13(1-3-14)2-4-15/h5-6,14-15H,1-4H2. The summed E-state index contributed by atoms with van der Waals surface area (Å²) in [7, 11) is 0. The van der Waals surface area contributed by atoms with E-state index in [0.717, 1.165) is 0 Å². The van der Waals surface area contributed by atoms with E-state index in [0.29, 0.717) is 29.0 Å². The van der Waals surface area contributed by atoms with Crippen LogP contribution in [0.2, 0.25) is 10.0 Å². The quantitative estimate of drug-likeness (QED) is 0.825. The number of hydrogen-bond acceptors (Lipinski definition) is 4. The molecule has 0 aliphatic heterocycles. The predicted octanol–water partition coefficient (Wildman–Crippen LogP) is 1.18. The molecule has 15 heavy (non-hydrogen) atoms. The zero-order chi connectivity index (χ0) is 11.3. The average Bonchev–Trinajstić information content (AvgIpc) is 2.17. The highest BCUT2D eigenvalue weighted by atomic mass is 35.5. The number of halogens is 2. The number of pyridine rings is 1. The molecule has 6 heteroatoms. The lowest BCUT2D eigenvalue weighted by atomic mass is 10.4. The molecule has 0 amide bonds. The molecule has 1 rings (SSSR count). The van der Waals surface area contributed by atoms with Gasteiger partial charge in [-0.3, -0.25) is 0 Å². The second-order valence-corrected chi connectivity index (χ2v) is 3.74. The highest BCUT2D eigenvalue weighted by Gasteiger charge is 2.11. The lowest BCUT2D eigenvalue weighted by Crippen LogP contribution is -2.30. The van der Waals surface area contributed by atoms with Crippen LogP contribution in [0.5, 0.6) is 0 Å². The third-order valence-corrected chi connectivity index (χ3v) is 2.31. The van der Waals surface area contributed by atoms with E-state index in [4.69, 9.17) is 33.4 Å². The molecule has 0 fully saturated rings. The summed E-state index contributed by atoms with van der Waals surface area (Å²) in [6.45, 7) is 0.686. The summed E-state index contributed by atoms with van der Waals surface area (Å²) in [5.74, 6) is 0.518. The predicted molar refractivity (Wildman–Crippen MR) is 60.6 cm³/mol. The van der Waals surface area contributed by atoms with E-state index < -0.39 is 0 Å². The summed E-state index contributed by atoms with van der Waals surface area (Å²) < 4.78 is 0. The van der Waals surface area contributed by atoms with Crippen LogP contribution in [0, 0.1) is 0 Å². The minimum atomic E-state index is -0.0271. The van der Waals surface area contributed by atoms with E-state index in [1.54, 1.807) is 11.0 Å². The van der Waals surface area contributed by atoms with Crippen LogP contribution >= 0.6 is 23.2 Å². The second kappa shape index (κ2) is 6.12. The van der Waals surface area contributed by atoms with Gasteiger partial charge in [0, 0.05) is 19.3 Å². The molecule has 0 spiro atoms. The Labute approximate surface area is 98.1 Å². The minimum Gasteiger partial charge on any atom is -0.395 e. The van der Waals surface area contributed by atoms with Crippen molar-refractivity contribution >= 4 is 29.0 Å². The van der Waals surface area contributed by atoms with Crippen LogP contribution in [-0.2, 0) is 0 Å². The third-order valence-electron chi connectivity index (χ3n) is 1.83. The Kier molecular flexibility index (Phi) is 5.11.